The SMILES string of the molecule is CCOc1ccc(CNC(=O)c2cc(C)nc3c2cnn3Cc2cccs2)cc1OC. The molecule has 31 heavy (non-hydrogen) atoms. The third-order valence-electron chi connectivity index (χ3n) is 4.85. The molecule has 1 aromatic carbocycles. The van der Waals surface area contributed by atoms with Crippen LogP contribution in [0.4, 0.5) is 0 Å². The average molecular weight is 437 g/mol. The standard InChI is InChI=1S/C23H24N4O3S/c1-4-30-20-8-7-16(11-21(20)29-3)12-24-23(28)18-10-15(2)26-22-19(18)13-25-27(22)14-17-6-5-9-31-17/h5-11,13H,4,12,14H2,1-3H3,(H,24,28). The number of rotatable bonds is 8. The summed E-state index contributed by atoms with van der Waals surface area (Å²) >= 11 is 1.67. The number of pyridine rings is 1. The molecule has 0 bridgehead atoms. The van der Waals surface area contributed by atoms with Gasteiger partial charge in [-0.3, -0.25) is 4.79 Å². The van der Waals surface area contributed by atoms with Crippen molar-refractivity contribution in [2.45, 2.75) is 26.9 Å². The Morgan fingerprint density at radius 2 is 2.10 bits per heavy atom. The summed E-state index contributed by atoms with van der Waals surface area (Å²) in [6, 6.07) is 11.5. The summed E-state index contributed by atoms with van der Waals surface area (Å²) in [5.41, 5.74) is 2.97. The van der Waals surface area contributed by atoms with Crippen LogP contribution < -0.4 is 14.8 Å². The molecule has 0 aliphatic heterocycles. The van der Waals surface area contributed by atoms with Crippen molar-refractivity contribution in [2.24, 2.45) is 0 Å². The summed E-state index contributed by atoms with van der Waals surface area (Å²) in [4.78, 5) is 18.8. The average Bonchev–Trinajstić information content (AvgIpc) is 3.43. The molecule has 0 aliphatic rings. The van der Waals surface area contributed by atoms with Crippen LogP contribution in [-0.4, -0.2) is 34.4 Å². The number of thiophene rings is 1. The molecule has 1 N–H and O–H groups in total. The molecular weight excluding hydrogens is 412 g/mol. The molecule has 7 nitrogen and oxygen atoms in total. The number of aromatic nitrogens is 3. The van der Waals surface area contributed by atoms with Gasteiger partial charge < -0.3 is 14.8 Å². The Morgan fingerprint density at radius 1 is 1.23 bits per heavy atom. The number of hydrogen-bond acceptors (Lipinski definition) is 6. The van der Waals surface area contributed by atoms with Crippen molar-refractivity contribution in [2.75, 3.05) is 13.7 Å². The van der Waals surface area contributed by atoms with Crippen LogP contribution >= 0.6 is 11.3 Å². The fourth-order valence-corrected chi connectivity index (χ4v) is 4.09. The molecule has 0 atom stereocenters. The van der Waals surface area contributed by atoms with E-state index in [0.717, 1.165) is 16.6 Å². The molecule has 8 heteroatoms. The molecule has 4 aromatic rings. The lowest BCUT2D eigenvalue weighted by molar-refractivity contribution is 0.0952. The van der Waals surface area contributed by atoms with Gasteiger partial charge in [-0.15, -0.1) is 11.3 Å². The maximum absolute atomic E-state index is 13.0. The van der Waals surface area contributed by atoms with Crippen LogP contribution in [0.25, 0.3) is 11.0 Å². The number of fused-ring (bicyclic) bond motifs is 1. The Balaban J connectivity index is 1.54. The van der Waals surface area contributed by atoms with Crippen LogP contribution in [0.5, 0.6) is 11.5 Å². The summed E-state index contributed by atoms with van der Waals surface area (Å²) in [5.74, 6) is 1.16. The van der Waals surface area contributed by atoms with E-state index in [4.69, 9.17) is 9.47 Å². The third kappa shape index (κ3) is 4.54. The van der Waals surface area contributed by atoms with E-state index in [0.29, 0.717) is 42.4 Å². The van der Waals surface area contributed by atoms with E-state index >= 15 is 0 Å². The lowest BCUT2D eigenvalue weighted by Crippen LogP contribution is -2.23. The number of amides is 1. The van der Waals surface area contributed by atoms with Crippen molar-refractivity contribution in [3.63, 3.8) is 0 Å². The zero-order valence-electron chi connectivity index (χ0n) is 17.7. The monoisotopic (exact) mass is 436 g/mol. The van der Waals surface area contributed by atoms with Gasteiger partial charge in [-0.2, -0.15) is 5.10 Å². The number of methoxy groups -OCH3 is 1. The van der Waals surface area contributed by atoms with E-state index < -0.39 is 0 Å². The van der Waals surface area contributed by atoms with Crippen LogP contribution in [0.15, 0.2) is 48.0 Å². The van der Waals surface area contributed by atoms with Gasteiger partial charge >= 0.3 is 0 Å². The van der Waals surface area contributed by atoms with Gasteiger partial charge in [-0.1, -0.05) is 12.1 Å². The van der Waals surface area contributed by atoms with E-state index in [1.807, 2.05) is 48.2 Å². The molecule has 160 valence electrons. The van der Waals surface area contributed by atoms with Gasteiger partial charge in [0, 0.05) is 17.1 Å². The third-order valence-corrected chi connectivity index (χ3v) is 5.71. The van der Waals surface area contributed by atoms with Crippen LogP contribution in [0.1, 0.15) is 33.4 Å². The van der Waals surface area contributed by atoms with Crippen molar-refractivity contribution in [3.05, 3.63) is 69.7 Å². The highest BCUT2D eigenvalue weighted by Crippen LogP contribution is 2.28. The Hall–Kier alpha value is -3.39. The summed E-state index contributed by atoms with van der Waals surface area (Å²) in [5, 5.41) is 10.2. The highest BCUT2D eigenvalue weighted by molar-refractivity contribution is 7.09. The van der Waals surface area contributed by atoms with E-state index in [9.17, 15) is 4.79 Å². The topological polar surface area (TPSA) is 78.3 Å². The highest BCUT2D eigenvalue weighted by Gasteiger charge is 2.16. The van der Waals surface area contributed by atoms with Crippen LogP contribution in [-0.2, 0) is 13.1 Å². The zero-order valence-corrected chi connectivity index (χ0v) is 18.5. The van der Waals surface area contributed by atoms with E-state index in [-0.39, 0.29) is 5.91 Å². The second-order valence-electron chi connectivity index (χ2n) is 7.03. The Bertz CT molecular complexity index is 1200. The molecule has 1 amide bonds. The van der Waals surface area contributed by atoms with Crippen molar-refractivity contribution in [1.29, 1.82) is 0 Å². The minimum atomic E-state index is -0.168. The van der Waals surface area contributed by atoms with E-state index in [2.05, 4.69) is 21.5 Å². The van der Waals surface area contributed by atoms with Gasteiger partial charge in [-0.05, 0) is 49.1 Å². The number of hydrogen-bond donors (Lipinski definition) is 1. The predicted molar refractivity (Wildman–Crippen MR) is 121 cm³/mol. The second kappa shape index (κ2) is 9.18. The molecular formula is C23H24N4O3S. The molecule has 0 radical (unpaired) electrons. The Kier molecular flexibility index (Phi) is 6.18. The van der Waals surface area contributed by atoms with E-state index in [1.165, 1.54) is 4.88 Å². The fraction of sp³-hybridized carbons (Fsp3) is 0.261. The summed E-state index contributed by atoms with van der Waals surface area (Å²) < 4.78 is 12.8. The first kappa shape index (κ1) is 20.9. The Labute approximate surface area is 184 Å². The lowest BCUT2D eigenvalue weighted by atomic mass is 10.1. The quantitative estimate of drug-likeness (QED) is 0.448. The summed E-state index contributed by atoms with van der Waals surface area (Å²) in [6.45, 7) is 5.37. The largest absolute Gasteiger partial charge is 0.493 e. The molecule has 0 saturated carbocycles. The molecule has 0 unspecified atom stereocenters. The fourth-order valence-electron chi connectivity index (χ4n) is 3.40. The normalized spacial score (nSPS) is 10.9. The number of aryl methyl sites for hydroxylation is 1. The zero-order chi connectivity index (χ0) is 21.8. The Morgan fingerprint density at radius 3 is 2.84 bits per heavy atom. The summed E-state index contributed by atoms with van der Waals surface area (Å²) in [7, 11) is 1.60. The van der Waals surface area contributed by atoms with Crippen molar-refractivity contribution < 1.29 is 14.3 Å². The molecule has 0 aliphatic carbocycles. The molecule has 3 heterocycles. The van der Waals surface area contributed by atoms with Crippen LogP contribution in [0, 0.1) is 6.92 Å². The van der Waals surface area contributed by atoms with Gasteiger partial charge in [0.25, 0.3) is 5.91 Å². The van der Waals surface area contributed by atoms with Gasteiger partial charge in [-0.25, -0.2) is 9.67 Å². The van der Waals surface area contributed by atoms with Gasteiger partial charge in [0.1, 0.15) is 0 Å². The molecule has 3 aromatic heterocycles. The second-order valence-corrected chi connectivity index (χ2v) is 8.06. The number of benzene rings is 1. The van der Waals surface area contributed by atoms with E-state index in [1.54, 1.807) is 30.7 Å². The number of nitrogens with one attached hydrogen (secondary N) is 1. The predicted octanol–water partition coefficient (Wildman–Crippen LogP) is 4.19. The molecule has 0 fully saturated rings. The first-order valence-electron chi connectivity index (χ1n) is 10.0. The van der Waals surface area contributed by atoms with Crippen LogP contribution in [0.2, 0.25) is 0 Å². The van der Waals surface area contributed by atoms with Crippen LogP contribution in [0.3, 0.4) is 0 Å². The maximum atomic E-state index is 13.0. The van der Waals surface area contributed by atoms with Gasteiger partial charge in [0.15, 0.2) is 17.1 Å². The number of carbonyl (C=O) groups is 1. The first-order chi connectivity index (χ1) is 15.1. The lowest BCUT2D eigenvalue weighted by Gasteiger charge is -2.12. The molecule has 0 saturated heterocycles. The van der Waals surface area contributed by atoms with Crippen molar-refractivity contribution in [1.82, 2.24) is 20.1 Å². The highest BCUT2D eigenvalue weighted by atomic mass is 32.1. The van der Waals surface area contributed by atoms with Crippen molar-refractivity contribution >= 4 is 28.3 Å². The summed E-state index contributed by atoms with van der Waals surface area (Å²) in [6.07, 6.45) is 1.71. The number of carbonyl (C=O) groups excluding carboxylic acids is 1. The van der Waals surface area contributed by atoms with Gasteiger partial charge in [0.2, 0.25) is 0 Å². The number of nitrogens with zero attached hydrogens (tertiary/aromatic N) is 3. The first-order valence-corrected chi connectivity index (χ1v) is 10.9. The maximum Gasteiger partial charge on any atom is 0.252 e. The smallest absolute Gasteiger partial charge is 0.252 e. The van der Waals surface area contributed by atoms with Crippen molar-refractivity contribution in [3.8, 4) is 11.5 Å². The molecule has 4 rings (SSSR count). The van der Waals surface area contributed by atoms with Gasteiger partial charge in [0.05, 0.1) is 37.4 Å². The minimum Gasteiger partial charge on any atom is -0.493 e. The minimum absolute atomic E-state index is 0.168. The number of ether oxygens (including phenoxy) is 2. The molecule has 0 spiro atoms.